The Kier molecular flexibility index (Phi) is 10.5. The molecular formula is C21H38. The van der Waals surface area contributed by atoms with Crippen molar-refractivity contribution in [2.75, 3.05) is 0 Å². The maximum Gasteiger partial charge on any atom is -0.0285 e. The molecule has 21 heavy (non-hydrogen) atoms. The number of hydrogen-bond acceptors (Lipinski definition) is 0. The molecule has 0 saturated carbocycles. The Hall–Kier alpha value is -0.780. The van der Waals surface area contributed by atoms with E-state index in [9.17, 15) is 0 Å². The Bertz CT molecular complexity index is 359. The molecule has 0 amide bonds. The van der Waals surface area contributed by atoms with E-state index in [4.69, 9.17) is 0 Å². The van der Waals surface area contributed by atoms with E-state index in [1.807, 2.05) is 13.8 Å². The van der Waals surface area contributed by atoms with Gasteiger partial charge < -0.3 is 0 Å². The molecule has 1 rings (SSSR count). The highest BCUT2D eigenvalue weighted by molar-refractivity contribution is 5.10. The van der Waals surface area contributed by atoms with E-state index in [1.165, 1.54) is 50.5 Å². The molecule has 0 radical (unpaired) electrons. The first kappa shape index (κ1) is 20.2. The Morgan fingerprint density at radius 3 is 2.29 bits per heavy atom. The zero-order valence-electron chi connectivity index (χ0n) is 15.7. The van der Waals surface area contributed by atoms with Crippen molar-refractivity contribution in [1.29, 1.82) is 0 Å². The highest BCUT2D eigenvalue weighted by Crippen LogP contribution is 2.35. The van der Waals surface area contributed by atoms with Crippen LogP contribution in [0.15, 0.2) is 34.9 Å². The third-order valence-electron chi connectivity index (χ3n) is 4.12. The monoisotopic (exact) mass is 290 g/mol. The summed E-state index contributed by atoms with van der Waals surface area (Å²) in [6.45, 7) is 15.4. The Morgan fingerprint density at radius 1 is 1.10 bits per heavy atom. The lowest BCUT2D eigenvalue weighted by molar-refractivity contribution is 0.322. The summed E-state index contributed by atoms with van der Waals surface area (Å²) in [4.78, 5) is 0. The van der Waals surface area contributed by atoms with Crippen molar-refractivity contribution >= 4 is 0 Å². The second-order valence-electron chi connectivity index (χ2n) is 7.14. The highest BCUT2D eigenvalue weighted by Gasteiger charge is 2.20. The molecule has 0 aromatic rings. The van der Waals surface area contributed by atoms with Gasteiger partial charge in [0.05, 0.1) is 0 Å². The first-order valence-corrected chi connectivity index (χ1v) is 8.86. The lowest BCUT2D eigenvalue weighted by atomic mass is 9.77. The maximum absolute atomic E-state index is 2.50. The third kappa shape index (κ3) is 10.6. The largest absolute Gasteiger partial charge is 0.0856 e. The zero-order valence-corrected chi connectivity index (χ0v) is 15.7. The van der Waals surface area contributed by atoms with Crippen molar-refractivity contribution in [3.8, 4) is 0 Å². The molecule has 1 aliphatic carbocycles. The predicted octanol–water partition coefficient (Wildman–Crippen LogP) is 7.62. The molecule has 0 aliphatic heterocycles. The van der Waals surface area contributed by atoms with Crippen molar-refractivity contribution in [3.05, 3.63) is 34.9 Å². The van der Waals surface area contributed by atoms with Crippen LogP contribution in [0.2, 0.25) is 0 Å². The SMILES string of the molecule is CC.CC(C)=CCC/C(C)=C/CCC1=CCC(C)(C)CC1. The van der Waals surface area contributed by atoms with Crippen LogP contribution in [-0.2, 0) is 0 Å². The van der Waals surface area contributed by atoms with Gasteiger partial charge in [0.15, 0.2) is 0 Å². The summed E-state index contributed by atoms with van der Waals surface area (Å²) in [7, 11) is 0. The van der Waals surface area contributed by atoms with E-state index < -0.39 is 0 Å². The molecule has 0 spiro atoms. The van der Waals surface area contributed by atoms with Gasteiger partial charge in [-0.1, -0.05) is 62.6 Å². The minimum atomic E-state index is 0.541. The summed E-state index contributed by atoms with van der Waals surface area (Å²) in [5.74, 6) is 0. The topological polar surface area (TPSA) is 0 Å². The molecule has 0 unspecified atom stereocenters. The Morgan fingerprint density at radius 2 is 1.76 bits per heavy atom. The third-order valence-corrected chi connectivity index (χ3v) is 4.12. The van der Waals surface area contributed by atoms with Crippen LogP contribution in [0.1, 0.15) is 93.4 Å². The summed E-state index contributed by atoms with van der Waals surface area (Å²) in [5, 5.41) is 0. The van der Waals surface area contributed by atoms with Gasteiger partial charge in [-0.3, -0.25) is 0 Å². The molecule has 0 heterocycles. The van der Waals surface area contributed by atoms with E-state index in [-0.39, 0.29) is 0 Å². The van der Waals surface area contributed by atoms with Crippen molar-refractivity contribution in [2.24, 2.45) is 5.41 Å². The van der Waals surface area contributed by atoms with Crippen LogP contribution in [0.3, 0.4) is 0 Å². The summed E-state index contributed by atoms with van der Waals surface area (Å²) >= 11 is 0. The minimum absolute atomic E-state index is 0.541. The molecule has 0 aromatic heterocycles. The Labute approximate surface area is 134 Å². The number of allylic oxidation sites excluding steroid dienone is 6. The molecule has 122 valence electrons. The summed E-state index contributed by atoms with van der Waals surface area (Å²) < 4.78 is 0. The smallest absolute Gasteiger partial charge is 0.0285 e. The quantitative estimate of drug-likeness (QED) is 0.441. The average molecular weight is 291 g/mol. The van der Waals surface area contributed by atoms with Gasteiger partial charge >= 0.3 is 0 Å². The second kappa shape index (κ2) is 10.9. The van der Waals surface area contributed by atoms with Crippen LogP contribution in [0.25, 0.3) is 0 Å². The fraction of sp³-hybridized carbons (Fsp3) is 0.714. The van der Waals surface area contributed by atoms with Crippen molar-refractivity contribution in [3.63, 3.8) is 0 Å². The van der Waals surface area contributed by atoms with E-state index in [1.54, 1.807) is 11.1 Å². The molecule has 0 N–H and O–H groups in total. The van der Waals surface area contributed by atoms with Crippen LogP contribution in [0.4, 0.5) is 0 Å². The Balaban J connectivity index is 0.00000191. The standard InChI is InChI=1S/C19H32.C2H6/c1-16(2)8-6-9-17(3)10-7-11-18-12-14-19(4,5)15-13-18;1-2/h8,10,12H,6-7,9,11,13-15H2,1-5H3;1-2H3/b17-10+;. The predicted molar refractivity (Wildman–Crippen MR) is 98.7 cm³/mol. The van der Waals surface area contributed by atoms with E-state index in [0.717, 1.165) is 0 Å². The van der Waals surface area contributed by atoms with Gasteiger partial charge in [-0.25, -0.2) is 0 Å². The second-order valence-corrected chi connectivity index (χ2v) is 7.14. The van der Waals surface area contributed by atoms with E-state index >= 15 is 0 Å². The first-order valence-electron chi connectivity index (χ1n) is 8.86. The van der Waals surface area contributed by atoms with Crippen LogP contribution in [0, 0.1) is 5.41 Å². The van der Waals surface area contributed by atoms with Crippen molar-refractivity contribution < 1.29 is 0 Å². The molecule has 0 atom stereocenters. The molecule has 0 saturated heterocycles. The van der Waals surface area contributed by atoms with Crippen molar-refractivity contribution in [1.82, 2.24) is 0 Å². The summed E-state index contributed by atoms with van der Waals surface area (Å²) in [6.07, 6.45) is 16.1. The zero-order chi connectivity index (χ0) is 16.3. The van der Waals surface area contributed by atoms with Crippen LogP contribution >= 0.6 is 0 Å². The van der Waals surface area contributed by atoms with E-state index in [0.29, 0.717) is 5.41 Å². The molecule has 0 fully saturated rings. The molecule has 0 heteroatoms. The van der Waals surface area contributed by atoms with Crippen LogP contribution < -0.4 is 0 Å². The van der Waals surface area contributed by atoms with Gasteiger partial charge in [-0.15, -0.1) is 0 Å². The number of rotatable bonds is 6. The molecule has 0 bridgehead atoms. The lowest BCUT2D eigenvalue weighted by Gasteiger charge is -2.28. The van der Waals surface area contributed by atoms with Gasteiger partial charge in [0.2, 0.25) is 0 Å². The average Bonchev–Trinajstić information content (AvgIpc) is 2.42. The van der Waals surface area contributed by atoms with Gasteiger partial charge in [-0.05, 0) is 71.1 Å². The fourth-order valence-corrected chi connectivity index (χ4v) is 2.55. The summed E-state index contributed by atoms with van der Waals surface area (Å²) in [5.41, 5.74) is 5.21. The van der Waals surface area contributed by atoms with Gasteiger partial charge in [0.1, 0.15) is 0 Å². The maximum atomic E-state index is 2.50. The molecule has 1 aliphatic rings. The number of hydrogen-bond donors (Lipinski definition) is 0. The van der Waals surface area contributed by atoms with Crippen LogP contribution in [-0.4, -0.2) is 0 Å². The highest BCUT2D eigenvalue weighted by atomic mass is 14.3. The normalized spacial score (nSPS) is 17.5. The lowest BCUT2D eigenvalue weighted by Crippen LogP contribution is -2.14. The fourth-order valence-electron chi connectivity index (χ4n) is 2.55. The first-order chi connectivity index (χ1) is 9.89. The van der Waals surface area contributed by atoms with E-state index in [2.05, 4.69) is 52.8 Å². The minimum Gasteiger partial charge on any atom is -0.0856 e. The molecule has 0 nitrogen and oxygen atoms in total. The molecule has 0 aromatic carbocycles. The van der Waals surface area contributed by atoms with Gasteiger partial charge in [0, 0.05) is 0 Å². The van der Waals surface area contributed by atoms with Crippen molar-refractivity contribution in [2.45, 2.75) is 93.4 Å². The van der Waals surface area contributed by atoms with Gasteiger partial charge in [0.25, 0.3) is 0 Å². The summed E-state index contributed by atoms with van der Waals surface area (Å²) in [6, 6.07) is 0. The van der Waals surface area contributed by atoms with Crippen LogP contribution in [0.5, 0.6) is 0 Å². The van der Waals surface area contributed by atoms with Gasteiger partial charge in [-0.2, -0.15) is 0 Å². The molecular weight excluding hydrogens is 252 g/mol.